The van der Waals surface area contributed by atoms with Crippen LogP contribution in [0.4, 0.5) is 0 Å². The van der Waals surface area contributed by atoms with Crippen LogP contribution in [-0.2, 0) is 32.7 Å². The van der Waals surface area contributed by atoms with Crippen LogP contribution in [0.25, 0.3) is 0 Å². The second kappa shape index (κ2) is 32.0. The highest BCUT2D eigenvalue weighted by Gasteiger charge is 2.27. The number of phosphoric ester groups is 1. The predicted octanol–water partition coefficient (Wildman–Crippen LogP) is 8.80. The molecule has 0 rings (SSSR count). The van der Waals surface area contributed by atoms with E-state index in [1.54, 1.807) is 0 Å². The van der Waals surface area contributed by atoms with Gasteiger partial charge in [-0.05, 0) is 44.9 Å². The van der Waals surface area contributed by atoms with Crippen LogP contribution in [-0.4, -0.2) is 60.5 Å². The number of carboxylic acids is 1. The van der Waals surface area contributed by atoms with E-state index in [9.17, 15) is 19.0 Å². The fourth-order valence-corrected chi connectivity index (χ4v) is 5.41. The first-order chi connectivity index (χ1) is 22.2. The molecular weight excluding hydrogens is 609 g/mol. The third-order valence-electron chi connectivity index (χ3n) is 7.48. The van der Waals surface area contributed by atoms with Crippen molar-refractivity contribution in [3.63, 3.8) is 0 Å². The summed E-state index contributed by atoms with van der Waals surface area (Å²) in [5.74, 6) is -1.79. The van der Waals surface area contributed by atoms with Gasteiger partial charge in [-0.3, -0.25) is 18.6 Å². The number of nitrogens with two attached hydrogens (primary N) is 1. The number of allylic oxidation sites excluding steroid dienone is 4. The summed E-state index contributed by atoms with van der Waals surface area (Å²) in [4.78, 5) is 33.2. The Morgan fingerprint density at radius 1 is 0.696 bits per heavy atom. The molecule has 0 saturated carbocycles. The Labute approximate surface area is 279 Å². The summed E-state index contributed by atoms with van der Waals surface area (Å²) in [5, 5.41) is 8.83. The van der Waals surface area contributed by atoms with Gasteiger partial charge in [-0.2, -0.15) is 0 Å². The molecule has 0 bridgehead atoms. The third-order valence-corrected chi connectivity index (χ3v) is 8.43. The first-order valence-corrected chi connectivity index (χ1v) is 19.4. The molecule has 0 aromatic rings. The highest BCUT2D eigenvalue weighted by molar-refractivity contribution is 7.47. The molecule has 0 aromatic carbocycles. The van der Waals surface area contributed by atoms with Crippen LogP contribution in [0.15, 0.2) is 24.3 Å². The van der Waals surface area contributed by atoms with E-state index in [-0.39, 0.29) is 13.0 Å². The van der Waals surface area contributed by atoms with Crippen molar-refractivity contribution in [2.24, 2.45) is 5.73 Å². The average Bonchev–Trinajstić information content (AvgIpc) is 3.03. The van der Waals surface area contributed by atoms with Crippen molar-refractivity contribution in [2.45, 2.75) is 161 Å². The van der Waals surface area contributed by atoms with Crippen molar-refractivity contribution in [3.8, 4) is 0 Å². The van der Waals surface area contributed by atoms with Crippen LogP contribution >= 0.6 is 7.82 Å². The van der Waals surface area contributed by atoms with Gasteiger partial charge < -0.3 is 25.2 Å². The minimum Gasteiger partial charge on any atom is -0.480 e. The lowest BCUT2D eigenvalue weighted by Gasteiger charge is -2.20. The normalized spacial score (nSPS) is 14.5. The lowest BCUT2D eigenvalue weighted by Crippen LogP contribution is -2.34. The molecule has 0 aliphatic rings. The summed E-state index contributed by atoms with van der Waals surface area (Å²) in [6.07, 6.45) is 30.9. The van der Waals surface area contributed by atoms with Gasteiger partial charge in [-0.15, -0.1) is 0 Å². The molecule has 46 heavy (non-hydrogen) atoms. The van der Waals surface area contributed by atoms with E-state index >= 15 is 0 Å². The van der Waals surface area contributed by atoms with Crippen molar-refractivity contribution >= 4 is 19.8 Å². The molecule has 0 spiro atoms. The van der Waals surface area contributed by atoms with E-state index in [2.05, 4.69) is 42.7 Å². The highest BCUT2D eigenvalue weighted by Crippen LogP contribution is 2.43. The summed E-state index contributed by atoms with van der Waals surface area (Å²) < 4.78 is 33.0. The lowest BCUT2D eigenvalue weighted by atomic mass is 10.1. The summed E-state index contributed by atoms with van der Waals surface area (Å²) in [6, 6.07) is -1.47. The Morgan fingerprint density at radius 2 is 1.20 bits per heavy atom. The van der Waals surface area contributed by atoms with Crippen LogP contribution < -0.4 is 5.73 Å². The molecule has 0 aliphatic heterocycles. The SMILES string of the molecule is CCCCCC/C=C\C/C=C\CCCCCCCC(=O)OC(COCCCCCCCCCC)COP(=O)(O)OCC(N)C(=O)O. The zero-order valence-electron chi connectivity index (χ0n) is 28.9. The van der Waals surface area contributed by atoms with Crippen molar-refractivity contribution in [1.82, 2.24) is 0 Å². The fraction of sp³-hybridized carbons (Fsp3) is 0.829. The quantitative estimate of drug-likeness (QED) is 0.0261. The second-order valence-electron chi connectivity index (χ2n) is 12.0. The van der Waals surface area contributed by atoms with Gasteiger partial charge in [-0.25, -0.2) is 4.57 Å². The van der Waals surface area contributed by atoms with E-state index in [0.717, 1.165) is 57.8 Å². The number of aliphatic carboxylic acids is 1. The van der Waals surface area contributed by atoms with Gasteiger partial charge in [0.2, 0.25) is 0 Å². The van der Waals surface area contributed by atoms with Crippen LogP contribution in [0.3, 0.4) is 0 Å². The first kappa shape index (κ1) is 44.5. The number of hydrogen-bond acceptors (Lipinski definition) is 8. The molecule has 10 nitrogen and oxygen atoms in total. The van der Waals surface area contributed by atoms with Crippen LogP contribution in [0, 0.1) is 0 Å². The largest absolute Gasteiger partial charge is 0.480 e. The number of unbranched alkanes of at least 4 members (excludes halogenated alkanes) is 16. The summed E-state index contributed by atoms with van der Waals surface area (Å²) in [7, 11) is -4.60. The number of ether oxygens (including phenoxy) is 2. The Bertz CT molecular complexity index is 837. The average molecular weight is 676 g/mol. The van der Waals surface area contributed by atoms with E-state index in [4.69, 9.17) is 24.8 Å². The standard InChI is InChI=1S/C35H66NO9P/c1-3-5-7-9-11-13-14-15-16-17-18-19-20-21-23-25-27-34(37)45-32(29-42-28-26-24-22-12-10-8-6-4-2)30-43-46(40,41)44-31-33(36)35(38)39/h13-14,16-17,32-33H,3-12,15,18-31,36H2,1-2H3,(H,38,39)(H,40,41)/b14-13-,17-16-. The smallest absolute Gasteiger partial charge is 0.472 e. The molecule has 0 fully saturated rings. The van der Waals surface area contributed by atoms with E-state index in [1.807, 2.05) is 0 Å². The molecule has 0 amide bonds. The lowest BCUT2D eigenvalue weighted by molar-refractivity contribution is -0.154. The van der Waals surface area contributed by atoms with E-state index < -0.39 is 45.1 Å². The number of hydrogen-bond donors (Lipinski definition) is 3. The maximum Gasteiger partial charge on any atom is 0.472 e. The highest BCUT2D eigenvalue weighted by atomic mass is 31.2. The van der Waals surface area contributed by atoms with Gasteiger partial charge >= 0.3 is 19.8 Å². The van der Waals surface area contributed by atoms with Crippen LogP contribution in [0.5, 0.6) is 0 Å². The van der Waals surface area contributed by atoms with E-state index in [1.165, 1.54) is 64.2 Å². The molecule has 3 unspecified atom stereocenters. The number of carboxylic acid groups (broad SMARTS) is 1. The monoisotopic (exact) mass is 675 g/mol. The maximum absolute atomic E-state index is 12.5. The van der Waals surface area contributed by atoms with Crippen molar-refractivity contribution in [3.05, 3.63) is 24.3 Å². The number of phosphoric acid groups is 1. The molecule has 270 valence electrons. The molecule has 4 N–H and O–H groups in total. The molecule has 11 heteroatoms. The number of carbonyl (C=O) groups excluding carboxylic acids is 1. The Morgan fingerprint density at radius 3 is 1.78 bits per heavy atom. The van der Waals surface area contributed by atoms with Crippen LogP contribution in [0.1, 0.15) is 149 Å². The minimum absolute atomic E-state index is 0.0130. The van der Waals surface area contributed by atoms with Gasteiger partial charge in [0.15, 0.2) is 0 Å². The zero-order chi connectivity index (χ0) is 34.1. The summed E-state index contributed by atoms with van der Waals surface area (Å²) in [5.41, 5.74) is 5.32. The topological polar surface area (TPSA) is 155 Å². The Hall–Kier alpha value is -1.55. The van der Waals surface area contributed by atoms with Crippen molar-refractivity contribution in [2.75, 3.05) is 26.4 Å². The Kier molecular flexibility index (Phi) is 30.9. The summed E-state index contributed by atoms with van der Waals surface area (Å²) >= 11 is 0. The number of rotatable bonds is 34. The molecule has 0 aliphatic carbocycles. The van der Waals surface area contributed by atoms with Gasteiger partial charge in [-0.1, -0.05) is 122 Å². The van der Waals surface area contributed by atoms with Gasteiger partial charge in [0.1, 0.15) is 12.1 Å². The maximum atomic E-state index is 12.5. The Balaban J connectivity index is 4.31. The molecule has 0 radical (unpaired) electrons. The molecule has 0 heterocycles. The summed E-state index contributed by atoms with van der Waals surface area (Å²) in [6.45, 7) is 3.80. The molecule has 0 saturated heterocycles. The molecular formula is C35H66NO9P. The minimum atomic E-state index is -4.60. The zero-order valence-corrected chi connectivity index (χ0v) is 29.8. The van der Waals surface area contributed by atoms with Crippen LogP contribution in [0.2, 0.25) is 0 Å². The van der Waals surface area contributed by atoms with Gasteiger partial charge in [0.25, 0.3) is 0 Å². The number of esters is 1. The second-order valence-corrected chi connectivity index (χ2v) is 13.5. The van der Waals surface area contributed by atoms with E-state index in [0.29, 0.717) is 13.0 Å². The van der Waals surface area contributed by atoms with Gasteiger partial charge in [0, 0.05) is 13.0 Å². The third kappa shape index (κ3) is 31.1. The fourth-order valence-electron chi connectivity index (χ4n) is 4.63. The van der Waals surface area contributed by atoms with Crippen molar-refractivity contribution in [1.29, 1.82) is 0 Å². The first-order valence-electron chi connectivity index (χ1n) is 17.9. The van der Waals surface area contributed by atoms with Gasteiger partial charge in [0.05, 0.1) is 19.8 Å². The number of carbonyl (C=O) groups is 2. The molecule has 0 aromatic heterocycles. The van der Waals surface area contributed by atoms with Crippen molar-refractivity contribution < 1.29 is 42.7 Å². The predicted molar refractivity (Wildman–Crippen MR) is 185 cm³/mol. The molecule has 3 atom stereocenters.